The highest BCUT2D eigenvalue weighted by molar-refractivity contribution is 5.94. The standard InChI is InChI=1S/C8H10F2N2O/c9-7(10)6(13)8(12)4-2-1-3-5(8)11/h1-5,7H,11-12H2. The first-order chi connectivity index (χ1) is 5.98. The van der Waals surface area contributed by atoms with Gasteiger partial charge in [0, 0.05) is 0 Å². The normalized spacial score (nSPS) is 32.5. The first kappa shape index (κ1) is 10.0. The zero-order chi connectivity index (χ0) is 10.1. The maximum Gasteiger partial charge on any atom is 0.298 e. The average molecular weight is 188 g/mol. The smallest absolute Gasteiger partial charge is 0.298 e. The zero-order valence-electron chi connectivity index (χ0n) is 6.78. The minimum absolute atomic E-state index is 0.890. The molecular formula is C8H10F2N2O. The molecule has 1 aliphatic carbocycles. The van der Waals surface area contributed by atoms with E-state index >= 15 is 0 Å². The van der Waals surface area contributed by atoms with Crippen molar-refractivity contribution in [1.29, 1.82) is 0 Å². The van der Waals surface area contributed by atoms with Gasteiger partial charge in [-0.15, -0.1) is 0 Å². The third kappa shape index (κ3) is 1.66. The van der Waals surface area contributed by atoms with Crippen LogP contribution in [0.3, 0.4) is 0 Å². The van der Waals surface area contributed by atoms with Gasteiger partial charge in [-0.05, 0) is 0 Å². The third-order valence-corrected chi connectivity index (χ3v) is 1.98. The van der Waals surface area contributed by atoms with Crippen LogP contribution in [0.1, 0.15) is 0 Å². The molecule has 0 amide bonds. The predicted octanol–water partition coefficient (Wildman–Crippen LogP) is -0.0286. The number of rotatable bonds is 2. The van der Waals surface area contributed by atoms with Crippen LogP contribution in [0, 0.1) is 0 Å². The summed E-state index contributed by atoms with van der Waals surface area (Å²) >= 11 is 0. The van der Waals surface area contributed by atoms with Gasteiger partial charge in [0.15, 0.2) is 0 Å². The monoisotopic (exact) mass is 188 g/mol. The topological polar surface area (TPSA) is 69.1 Å². The summed E-state index contributed by atoms with van der Waals surface area (Å²) in [7, 11) is 0. The summed E-state index contributed by atoms with van der Waals surface area (Å²) < 4.78 is 24.2. The highest BCUT2D eigenvalue weighted by atomic mass is 19.3. The largest absolute Gasteiger partial charge is 0.322 e. The van der Waals surface area contributed by atoms with E-state index in [1.54, 1.807) is 6.08 Å². The second-order valence-corrected chi connectivity index (χ2v) is 2.87. The van der Waals surface area contributed by atoms with Gasteiger partial charge >= 0.3 is 0 Å². The maximum atomic E-state index is 12.1. The molecule has 2 unspecified atom stereocenters. The van der Waals surface area contributed by atoms with Crippen molar-refractivity contribution in [3.63, 3.8) is 0 Å². The molecule has 0 spiro atoms. The lowest BCUT2D eigenvalue weighted by Crippen LogP contribution is -2.61. The van der Waals surface area contributed by atoms with Gasteiger partial charge in [-0.25, -0.2) is 8.78 Å². The van der Waals surface area contributed by atoms with Crippen LogP contribution in [0.25, 0.3) is 0 Å². The molecule has 0 radical (unpaired) electrons. The maximum absolute atomic E-state index is 12.1. The van der Waals surface area contributed by atoms with Crippen LogP contribution >= 0.6 is 0 Å². The second kappa shape index (κ2) is 3.35. The molecule has 0 bridgehead atoms. The van der Waals surface area contributed by atoms with Crippen LogP contribution in [-0.2, 0) is 4.79 Å². The fraction of sp³-hybridized carbons (Fsp3) is 0.375. The van der Waals surface area contributed by atoms with E-state index in [2.05, 4.69) is 0 Å². The first-order valence-electron chi connectivity index (χ1n) is 3.71. The molecule has 0 saturated heterocycles. The number of carbonyl (C=O) groups excluding carboxylic acids is 1. The summed E-state index contributed by atoms with van der Waals surface area (Å²) in [5, 5.41) is 0. The van der Waals surface area contributed by atoms with Crippen LogP contribution in [-0.4, -0.2) is 23.8 Å². The van der Waals surface area contributed by atoms with Crippen molar-refractivity contribution in [2.45, 2.75) is 18.0 Å². The van der Waals surface area contributed by atoms with Crippen LogP contribution in [0.2, 0.25) is 0 Å². The summed E-state index contributed by atoms with van der Waals surface area (Å²) in [5.74, 6) is -1.35. The number of hydrogen-bond acceptors (Lipinski definition) is 3. The Bertz CT molecular complexity index is 275. The lowest BCUT2D eigenvalue weighted by Gasteiger charge is -2.30. The molecule has 72 valence electrons. The molecule has 0 saturated carbocycles. The Morgan fingerprint density at radius 3 is 2.54 bits per heavy atom. The van der Waals surface area contributed by atoms with E-state index in [0.717, 1.165) is 0 Å². The van der Waals surface area contributed by atoms with E-state index in [4.69, 9.17) is 11.5 Å². The van der Waals surface area contributed by atoms with Crippen molar-refractivity contribution in [2.24, 2.45) is 11.5 Å². The molecule has 0 aromatic carbocycles. The van der Waals surface area contributed by atoms with Crippen LogP contribution in [0.5, 0.6) is 0 Å². The summed E-state index contributed by atoms with van der Waals surface area (Å²) in [5.41, 5.74) is 9.13. The van der Waals surface area contributed by atoms with E-state index in [1.807, 2.05) is 0 Å². The molecule has 1 rings (SSSR count). The van der Waals surface area contributed by atoms with Gasteiger partial charge in [0.25, 0.3) is 6.43 Å². The van der Waals surface area contributed by atoms with Crippen molar-refractivity contribution >= 4 is 5.78 Å². The predicted molar refractivity (Wildman–Crippen MR) is 44.2 cm³/mol. The summed E-state index contributed by atoms with van der Waals surface area (Å²) in [6, 6.07) is -0.890. The van der Waals surface area contributed by atoms with Gasteiger partial charge in [0.1, 0.15) is 5.54 Å². The Hall–Kier alpha value is -1.07. The fourth-order valence-electron chi connectivity index (χ4n) is 1.10. The lowest BCUT2D eigenvalue weighted by atomic mass is 9.84. The molecule has 1 aliphatic rings. The Morgan fingerprint density at radius 2 is 2.08 bits per heavy atom. The van der Waals surface area contributed by atoms with E-state index < -0.39 is 23.8 Å². The van der Waals surface area contributed by atoms with Crippen molar-refractivity contribution in [3.8, 4) is 0 Å². The zero-order valence-corrected chi connectivity index (χ0v) is 6.78. The Morgan fingerprint density at radius 1 is 1.46 bits per heavy atom. The van der Waals surface area contributed by atoms with Gasteiger partial charge in [0.05, 0.1) is 6.04 Å². The number of halogens is 2. The van der Waals surface area contributed by atoms with E-state index in [-0.39, 0.29) is 0 Å². The number of alkyl halides is 2. The van der Waals surface area contributed by atoms with Crippen molar-refractivity contribution in [2.75, 3.05) is 0 Å². The Balaban J connectivity index is 2.93. The molecule has 0 aliphatic heterocycles. The number of ketones is 1. The molecule has 13 heavy (non-hydrogen) atoms. The van der Waals surface area contributed by atoms with E-state index in [0.29, 0.717) is 0 Å². The summed E-state index contributed by atoms with van der Waals surface area (Å²) in [6.45, 7) is 0. The average Bonchev–Trinajstić information content (AvgIpc) is 2.09. The van der Waals surface area contributed by atoms with Gasteiger partial charge in [-0.1, -0.05) is 24.3 Å². The van der Waals surface area contributed by atoms with Crippen molar-refractivity contribution in [1.82, 2.24) is 0 Å². The quantitative estimate of drug-likeness (QED) is 0.639. The second-order valence-electron chi connectivity index (χ2n) is 2.87. The van der Waals surface area contributed by atoms with Gasteiger partial charge in [-0.2, -0.15) is 0 Å². The van der Waals surface area contributed by atoms with Gasteiger partial charge in [0.2, 0.25) is 5.78 Å². The van der Waals surface area contributed by atoms with Crippen molar-refractivity contribution in [3.05, 3.63) is 24.3 Å². The lowest BCUT2D eigenvalue weighted by molar-refractivity contribution is -0.133. The molecule has 0 aromatic heterocycles. The molecule has 2 atom stereocenters. The number of nitrogens with two attached hydrogens (primary N) is 2. The van der Waals surface area contributed by atoms with E-state index in [1.165, 1.54) is 18.2 Å². The molecule has 3 nitrogen and oxygen atoms in total. The molecule has 0 fully saturated rings. The Labute approximate surface area is 74.1 Å². The first-order valence-corrected chi connectivity index (χ1v) is 3.71. The highest BCUT2D eigenvalue weighted by Crippen LogP contribution is 2.18. The van der Waals surface area contributed by atoms with Crippen LogP contribution < -0.4 is 11.5 Å². The fourth-order valence-corrected chi connectivity index (χ4v) is 1.10. The minimum Gasteiger partial charge on any atom is -0.322 e. The number of hydrogen-bond donors (Lipinski definition) is 2. The van der Waals surface area contributed by atoms with E-state index in [9.17, 15) is 13.6 Å². The molecule has 0 aromatic rings. The molecular weight excluding hydrogens is 178 g/mol. The van der Waals surface area contributed by atoms with Crippen molar-refractivity contribution < 1.29 is 13.6 Å². The SMILES string of the molecule is NC1C=CC=CC1(N)C(=O)C(F)F. The summed E-state index contributed by atoms with van der Waals surface area (Å²) in [6.07, 6.45) is 2.53. The van der Waals surface area contributed by atoms with Gasteiger partial charge < -0.3 is 11.5 Å². The van der Waals surface area contributed by atoms with Crippen LogP contribution in [0.15, 0.2) is 24.3 Å². The summed E-state index contributed by atoms with van der Waals surface area (Å²) in [4.78, 5) is 11.0. The molecule has 5 heteroatoms. The molecule has 0 heterocycles. The Kier molecular flexibility index (Phi) is 2.58. The van der Waals surface area contributed by atoms with Gasteiger partial charge in [-0.3, -0.25) is 4.79 Å². The highest BCUT2D eigenvalue weighted by Gasteiger charge is 2.41. The van der Waals surface area contributed by atoms with Crippen LogP contribution in [0.4, 0.5) is 8.78 Å². The number of allylic oxidation sites excluding steroid dienone is 2. The third-order valence-electron chi connectivity index (χ3n) is 1.98. The number of carbonyl (C=O) groups is 1. The minimum atomic E-state index is -3.09. The number of Topliss-reactive ketones (excluding diaryl/α,β-unsaturated/α-hetero) is 1. The molecule has 4 N–H and O–H groups in total.